The number of benzene rings is 1. The zero-order valence-electron chi connectivity index (χ0n) is 17.9. The molecule has 2 aliphatic heterocycles. The highest BCUT2D eigenvalue weighted by atomic mass is 127. The molecule has 1 aromatic carbocycles. The maximum atomic E-state index is 6.22. The lowest BCUT2D eigenvalue weighted by molar-refractivity contribution is 0.0374. The molecule has 0 aliphatic carbocycles. The van der Waals surface area contributed by atoms with Crippen molar-refractivity contribution in [2.75, 3.05) is 39.4 Å². The number of likely N-dealkylation sites (tertiary alicyclic amines) is 1. The van der Waals surface area contributed by atoms with E-state index < -0.39 is 0 Å². The molecule has 2 aliphatic rings. The molecular weight excluding hydrogens is 477 g/mol. The van der Waals surface area contributed by atoms with Gasteiger partial charge in [-0.2, -0.15) is 0 Å². The van der Waals surface area contributed by atoms with Gasteiger partial charge in [-0.1, -0.05) is 37.3 Å². The van der Waals surface area contributed by atoms with Crippen LogP contribution in [0.15, 0.2) is 35.3 Å². The first-order valence-corrected chi connectivity index (χ1v) is 10.8. The molecule has 0 amide bonds. The molecule has 29 heavy (non-hydrogen) atoms. The van der Waals surface area contributed by atoms with E-state index in [0.29, 0.717) is 18.5 Å². The Morgan fingerprint density at radius 1 is 1.31 bits per heavy atom. The van der Waals surface area contributed by atoms with Crippen LogP contribution in [0, 0.1) is 0 Å². The second kappa shape index (κ2) is 12.1. The van der Waals surface area contributed by atoms with Gasteiger partial charge in [-0.15, -0.1) is 24.0 Å². The summed E-state index contributed by atoms with van der Waals surface area (Å²) in [5, 5.41) is 7.20. The average molecular weight is 515 g/mol. The van der Waals surface area contributed by atoms with E-state index in [4.69, 9.17) is 15.5 Å². The SMILES string of the molecule is CCN1CCCC1CNC(N)=NCC1(NC(C)c2ccccc2)CCOCC1.I. The smallest absolute Gasteiger partial charge is 0.188 e. The van der Waals surface area contributed by atoms with E-state index in [2.05, 4.69) is 59.7 Å². The Hall–Kier alpha value is -0.900. The normalized spacial score (nSPS) is 23.4. The third-order valence-electron chi connectivity index (χ3n) is 6.25. The zero-order valence-corrected chi connectivity index (χ0v) is 20.2. The molecule has 2 atom stereocenters. The fourth-order valence-corrected chi connectivity index (χ4v) is 4.45. The van der Waals surface area contributed by atoms with Crippen molar-refractivity contribution in [1.82, 2.24) is 15.5 Å². The van der Waals surface area contributed by atoms with E-state index in [1.807, 2.05) is 0 Å². The summed E-state index contributed by atoms with van der Waals surface area (Å²) in [4.78, 5) is 7.24. The van der Waals surface area contributed by atoms with Gasteiger partial charge in [0.25, 0.3) is 0 Å². The van der Waals surface area contributed by atoms with Crippen LogP contribution >= 0.6 is 24.0 Å². The van der Waals surface area contributed by atoms with Gasteiger partial charge in [-0.05, 0) is 51.3 Å². The Kier molecular flexibility index (Phi) is 10.1. The van der Waals surface area contributed by atoms with Crippen LogP contribution in [0.5, 0.6) is 0 Å². The molecule has 1 aromatic rings. The highest BCUT2D eigenvalue weighted by Crippen LogP contribution is 2.26. The summed E-state index contributed by atoms with van der Waals surface area (Å²) in [5.74, 6) is 0.558. The Bertz CT molecular complexity index is 621. The van der Waals surface area contributed by atoms with Gasteiger partial charge < -0.3 is 21.1 Å². The van der Waals surface area contributed by atoms with Gasteiger partial charge in [0.1, 0.15) is 0 Å². The Morgan fingerprint density at radius 2 is 2.03 bits per heavy atom. The molecule has 4 N–H and O–H groups in total. The number of hydrogen-bond donors (Lipinski definition) is 3. The predicted octanol–water partition coefficient (Wildman–Crippen LogP) is 2.89. The summed E-state index contributed by atoms with van der Waals surface area (Å²) in [6, 6.07) is 11.4. The maximum absolute atomic E-state index is 6.22. The van der Waals surface area contributed by atoms with Gasteiger partial charge in [0.2, 0.25) is 0 Å². The monoisotopic (exact) mass is 515 g/mol. The van der Waals surface area contributed by atoms with E-state index in [1.54, 1.807) is 0 Å². The number of guanidine groups is 1. The van der Waals surface area contributed by atoms with Crippen molar-refractivity contribution in [3.8, 4) is 0 Å². The Morgan fingerprint density at radius 3 is 2.72 bits per heavy atom. The predicted molar refractivity (Wildman–Crippen MR) is 131 cm³/mol. The summed E-state index contributed by atoms with van der Waals surface area (Å²) in [5.41, 5.74) is 7.45. The molecule has 0 saturated carbocycles. The van der Waals surface area contributed by atoms with Crippen LogP contribution in [-0.2, 0) is 4.74 Å². The zero-order chi connectivity index (χ0) is 19.8. The second-order valence-electron chi connectivity index (χ2n) is 8.18. The molecule has 2 unspecified atom stereocenters. The van der Waals surface area contributed by atoms with Crippen LogP contribution in [0.4, 0.5) is 0 Å². The molecule has 2 saturated heterocycles. The van der Waals surface area contributed by atoms with Crippen LogP contribution in [0.2, 0.25) is 0 Å². The lowest BCUT2D eigenvalue weighted by Crippen LogP contribution is -2.53. The third-order valence-corrected chi connectivity index (χ3v) is 6.25. The van der Waals surface area contributed by atoms with Crippen LogP contribution in [0.25, 0.3) is 0 Å². The molecular formula is C22H38IN5O. The summed E-state index contributed by atoms with van der Waals surface area (Å²) in [6.07, 6.45) is 4.42. The van der Waals surface area contributed by atoms with Gasteiger partial charge in [0.05, 0.1) is 6.54 Å². The third kappa shape index (κ3) is 7.08. The highest BCUT2D eigenvalue weighted by molar-refractivity contribution is 14.0. The maximum Gasteiger partial charge on any atom is 0.188 e. The van der Waals surface area contributed by atoms with Crippen LogP contribution in [0.1, 0.15) is 51.1 Å². The number of halogens is 1. The van der Waals surface area contributed by atoms with Gasteiger partial charge in [-0.3, -0.25) is 9.89 Å². The molecule has 0 bridgehead atoms. The minimum atomic E-state index is -0.0668. The Labute approximate surface area is 193 Å². The number of nitrogens with one attached hydrogen (secondary N) is 2. The molecule has 2 fully saturated rings. The van der Waals surface area contributed by atoms with E-state index in [9.17, 15) is 0 Å². The van der Waals surface area contributed by atoms with Crippen molar-refractivity contribution < 1.29 is 4.74 Å². The van der Waals surface area contributed by atoms with E-state index >= 15 is 0 Å². The van der Waals surface area contributed by atoms with Crippen molar-refractivity contribution in [2.24, 2.45) is 10.7 Å². The molecule has 0 spiro atoms. The van der Waals surface area contributed by atoms with E-state index in [1.165, 1.54) is 24.9 Å². The van der Waals surface area contributed by atoms with Gasteiger partial charge in [0.15, 0.2) is 5.96 Å². The average Bonchev–Trinajstić information content (AvgIpc) is 3.20. The first-order chi connectivity index (χ1) is 13.6. The number of likely N-dealkylation sites (N-methyl/N-ethyl adjacent to an activating group) is 1. The highest BCUT2D eigenvalue weighted by Gasteiger charge is 2.34. The van der Waals surface area contributed by atoms with Crippen LogP contribution in [-0.4, -0.2) is 61.8 Å². The number of rotatable bonds is 8. The van der Waals surface area contributed by atoms with Gasteiger partial charge in [0, 0.05) is 37.4 Å². The van der Waals surface area contributed by atoms with Crippen molar-refractivity contribution in [2.45, 2.75) is 57.2 Å². The molecule has 2 heterocycles. The number of nitrogens with two attached hydrogens (primary N) is 1. The van der Waals surface area contributed by atoms with Gasteiger partial charge in [-0.25, -0.2) is 0 Å². The molecule has 7 heteroatoms. The van der Waals surface area contributed by atoms with Crippen LogP contribution < -0.4 is 16.4 Å². The summed E-state index contributed by atoms with van der Waals surface area (Å²) < 4.78 is 5.62. The molecule has 6 nitrogen and oxygen atoms in total. The summed E-state index contributed by atoms with van der Waals surface area (Å²) >= 11 is 0. The fraction of sp³-hybridized carbons (Fsp3) is 0.682. The lowest BCUT2D eigenvalue weighted by Gasteiger charge is -2.39. The minimum Gasteiger partial charge on any atom is -0.381 e. The minimum absolute atomic E-state index is 0. The molecule has 3 rings (SSSR count). The lowest BCUT2D eigenvalue weighted by atomic mass is 9.88. The first-order valence-electron chi connectivity index (χ1n) is 10.8. The van der Waals surface area contributed by atoms with Crippen molar-refractivity contribution in [1.29, 1.82) is 0 Å². The second-order valence-corrected chi connectivity index (χ2v) is 8.18. The standard InChI is InChI=1S/C22H37N5O.HI/c1-3-27-13-7-10-20(27)16-24-21(23)25-17-22(11-14-28-15-12-22)26-18(2)19-8-5-4-6-9-19;/h4-6,8-9,18,20,26H,3,7,10-17H2,1-2H3,(H3,23,24,25);1H. The van der Waals surface area contributed by atoms with Crippen molar-refractivity contribution >= 4 is 29.9 Å². The first kappa shape index (κ1) is 24.4. The van der Waals surface area contributed by atoms with Gasteiger partial charge >= 0.3 is 0 Å². The van der Waals surface area contributed by atoms with Crippen molar-refractivity contribution in [3.63, 3.8) is 0 Å². The summed E-state index contributed by atoms with van der Waals surface area (Å²) in [7, 11) is 0. The number of hydrogen-bond acceptors (Lipinski definition) is 4. The fourth-order valence-electron chi connectivity index (χ4n) is 4.45. The van der Waals surface area contributed by atoms with E-state index in [-0.39, 0.29) is 35.6 Å². The van der Waals surface area contributed by atoms with Crippen molar-refractivity contribution in [3.05, 3.63) is 35.9 Å². The quantitative estimate of drug-likeness (QED) is 0.282. The molecule has 164 valence electrons. The van der Waals surface area contributed by atoms with Crippen LogP contribution in [0.3, 0.4) is 0 Å². The molecule has 0 radical (unpaired) electrons. The number of aliphatic imine (C=N–C) groups is 1. The summed E-state index contributed by atoms with van der Waals surface area (Å²) in [6.45, 7) is 9.84. The topological polar surface area (TPSA) is 74.9 Å². The Balaban J connectivity index is 0.00000300. The largest absolute Gasteiger partial charge is 0.381 e. The number of ether oxygens (including phenoxy) is 1. The van der Waals surface area contributed by atoms with E-state index in [0.717, 1.165) is 39.1 Å². The number of nitrogens with zero attached hydrogens (tertiary/aromatic N) is 2. The molecule has 0 aromatic heterocycles.